The maximum atomic E-state index is 14.3. The minimum atomic E-state index is -5.65. The van der Waals surface area contributed by atoms with Gasteiger partial charge in [0, 0.05) is 7.11 Å². The molecule has 118 valence electrons. The molecular formula is C9H10F8NO2+. The maximum absolute atomic E-state index is 14.3. The van der Waals surface area contributed by atoms with Crippen molar-refractivity contribution in [2.45, 2.75) is 30.2 Å². The highest BCUT2D eigenvalue weighted by Crippen LogP contribution is 2.69. The average Bonchev–Trinajstić information content (AvgIpc) is 2.93. The lowest BCUT2D eigenvalue weighted by Gasteiger charge is -2.30. The highest BCUT2D eigenvalue weighted by atomic mass is 19.4. The van der Waals surface area contributed by atoms with Crippen LogP contribution in [0.4, 0.5) is 35.1 Å². The minimum Gasteiger partial charge on any atom is -0.369 e. The Balaban J connectivity index is 2.50. The number of ether oxygens (including phenoxy) is 2. The molecule has 0 saturated carbocycles. The van der Waals surface area contributed by atoms with Crippen LogP contribution in [0.15, 0.2) is 0 Å². The van der Waals surface area contributed by atoms with Crippen LogP contribution >= 0.6 is 0 Å². The van der Waals surface area contributed by atoms with E-state index in [2.05, 4.69) is 9.47 Å². The Morgan fingerprint density at radius 2 is 1.70 bits per heavy atom. The zero-order chi connectivity index (χ0) is 15.6. The number of methoxy groups -OCH3 is 1. The van der Waals surface area contributed by atoms with Crippen molar-refractivity contribution in [3.05, 3.63) is 0 Å². The molecule has 2 aliphatic rings. The smallest absolute Gasteiger partial charge is 0.369 e. The molecule has 3 unspecified atom stereocenters. The fourth-order valence-electron chi connectivity index (χ4n) is 2.75. The number of hydrogen-bond donors (Lipinski definition) is 0. The van der Waals surface area contributed by atoms with Gasteiger partial charge >= 0.3 is 24.1 Å². The van der Waals surface area contributed by atoms with Gasteiger partial charge in [-0.3, -0.25) is 0 Å². The van der Waals surface area contributed by atoms with Gasteiger partial charge in [-0.1, -0.05) is 0 Å². The standard InChI is InChI=1S/C9H10F8NO2/c1-19-8(13,14)7(11,12)6(10)5-4-20-3-2-18(5,6)9(15,16)17/h5H,2-4H2,1H3/q+1. The lowest BCUT2D eigenvalue weighted by atomic mass is 10.1. The molecule has 3 nitrogen and oxygen atoms in total. The summed E-state index contributed by atoms with van der Waals surface area (Å²) in [7, 11) is 0.160. The van der Waals surface area contributed by atoms with E-state index in [9.17, 15) is 35.1 Å². The SMILES string of the molecule is COC(F)(F)C(F)(F)C1(F)C2COCC[N+]21C(F)(F)F. The van der Waals surface area contributed by atoms with Crippen molar-refractivity contribution in [2.24, 2.45) is 0 Å². The van der Waals surface area contributed by atoms with E-state index in [1.54, 1.807) is 0 Å². The molecule has 2 rings (SSSR count). The Morgan fingerprint density at radius 1 is 1.15 bits per heavy atom. The molecule has 0 aromatic rings. The normalized spacial score (nSPS) is 38.5. The maximum Gasteiger partial charge on any atom is 0.564 e. The van der Waals surface area contributed by atoms with Gasteiger partial charge in [0.05, 0.1) is 6.61 Å². The second-order valence-electron chi connectivity index (χ2n) is 4.62. The molecule has 0 spiro atoms. The molecule has 0 radical (unpaired) electrons. The highest BCUT2D eigenvalue weighted by molar-refractivity contribution is 5.10. The fourth-order valence-corrected chi connectivity index (χ4v) is 2.75. The van der Waals surface area contributed by atoms with Crippen LogP contribution in [0.3, 0.4) is 0 Å². The first-order chi connectivity index (χ1) is 8.90. The van der Waals surface area contributed by atoms with Gasteiger partial charge in [-0.05, 0) is 0 Å². The first-order valence-corrected chi connectivity index (χ1v) is 5.42. The molecule has 20 heavy (non-hydrogen) atoms. The van der Waals surface area contributed by atoms with Gasteiger partial charge in [-0.2, -0.15) is 26.4 Å². The summed E-state index contributed by atoms with van der Waals surface area (Å²) in [5.41, 5.74) is 0. The number of fused-ring (bicyclic) bond motifs is 1. The number of halogens is 8. The molecule has 0 aliphatic carbocycles. The largest absolute Gasteiger partial charge is 0.564 e. The van der Waals surface area contributed by atoms with E-state index in [1.807, 2.05) is 0 Å². The van der Waals surface area contributed by atoms with Gasteiger partial charge in [0.15, 0.2) is 0 Å². The minimum absolute atomic E-state index is 0.160. The van der Waals surface area contributed by atoms with Crippen molar-refractivity contribution in [2.75, 3.05) is 26.9 Å². The van der Waals surface area contributed by atoms with Crippen LogP contribution in [-0.2, 0) is 9.47 Å². The summed E-state index contributed by atoms with van der Waals surface area (Å²) in [6, 6.07) is -2.44. The van der Waals surface area contributed by atoms with Crippen molar-refractivity contribution in [1.82, 2.24) is 0 Å². The second kappa shape index (κ2) is 3.95. The molecule has 0 aromatic heterocycles. The van der Waals surface area contributed by atoms with E-state index in [4.69, 9.17) is 0 Å². The van der Waals surface area contributed by atoms with Crippen molar-refractivity contribution in [1.29, 1.82) is 0 Å². The van der Waals surface area contributed by atoms with E-state index in [-0.39, 0.29) is 7.11 Å². The summed E-state index contributed by atoms with van der Waals surface area (Å²) >= 11 is 0. The van der Waals surface area contributed by atoms with E-state index in [1.165, 1.54) is 0 Å². The van der Waals surface area contributed by atoms with Crippen molar-refractivity contribution >= 4 is 0 Å². The van der Waals surface area contributed by atoms with E-state index >= 15 is 0 Å². The molecular weight excluding hydrogens is 306 g/mol. The van der Waals surface area contributed by atoms with E-state index in [0.29, 0.717) is 0 Å². The van der Waals surface area contributed by atoms with Gasteiger partial charge in [0.25, 0.3) is 0 Å². The van der Waals surface area contributed by atoms with Gasteiger partial charge in [-0.25, -0.2) is 0 Å². The topological polar surface area (TPSA) is 18.5 Å². The molecule has 2 saturated heterocycles. The number of nitrogens with zero attached hydrogens (tertiary/aromatic N) is 1. The zero-order valence-corrected chi connectivity index (χ0v) is 9.99. The molecule has 11 heteroatoms. The van der Waals surface area contributed by atoms with Crippen LogP contribution in [-0.4, -0.2) is 61.5 Å². The first-order valence-electron chi connectivity index (χ1n) is 5.42. The monoisotopic (exact) mass is 316 g/mol. The quantitative estimate of drug-likeness (QED) is 0.344. The molecule has 3 atom stereocenters. The zero-order valence-electron chi connectivity index (χ0n) is 9.99. The third-order valence-corrected chi connectivity index (χ3v) is 3.87. The number of quaternary nitrogens is 1. The molecule has 0 amide bonds. The molecule has 0 N–H and O–H groups in total. The number of hydrogen-bond acceptors (Lipinski definition) is 2. The molecule has 2 heterocycles. The Morgan fingerprint density at radius 3 is 2.10 bits per heavy atom. The number of alkyl halides is 8. The van der Waals surface area contributed by atoms with Crippen LogP contribution in [0.5, 0.6) is 0 Å². The summed E-state index contributed by atoms with van der Waals surface area (Å²) in [6.07, 6.45) is -10.8. The van der Waals surface area contributed by atoms with Crippen LogP contribution < -0.4 is 0 Å². The van der Waals surface area contributed by atoms with E-state index in [0.717, 1.165) is 0 Å². The lowest BCUT2D eigenvalue weighted by Crippen LogP contribution is -2.60. The lowest BCUT2D eigenvalue weighted by molar-refractivity contribution is -0.973. The van der Waals surface area contributed by atoms with Gasteiger partial charge in [0.1, 0.15) is 13.2 Å². The predicted molar refractivity (Wildman–Crippen MR) is 46.5 cm³/mol. The molecule has 2 aliphatic heterocycles. The van der Waals surface area contributed by atoms with Crippen LogP contribution in [0, 0.1) is 0 Å². The Kier molecular flexibility index (Phi) is 3.10. The van der Waals surface area contributed by atoms with E-state index < -0.39 is 54.4 Å². The van der Waals surface area contributed by atoms with Crippen LogP contribution in [0.1, 0.15) is 0 Å². The Labute approximate surface area is 107 Å². The average molecular weight is 316 g/mol. The van der Waals surface area contributed by atoms with Crippen molar-refractivity contribution in [3.63, 3.8) is 0 Å². The summed E-state index contributed by atoms with van der Waals surface area (Å²) in [4.78, 5) is 0. The predicted octanol–water partition coefficient (Wildman–Crippen LogP) is 2.28. The Hall–Kier alpha value is -0.680. The van der Waals surface area contributed by atoms with Crippen LogP contribution in [0.2, 0.25) is 0 Å². The Bertz CT molecular complexity index is 413. The van der Waals surface area contributed by atoms with Gasteiger partial charge in [-0.15, -0.1) is 13.2 Å². The van der Waals surface area contributed by atoms with Gasteiger partial charge < -0.3 is 9.47 Å². The van der Waals surface area contributed by atoms with Crippen molar-refractivity contribution < 1.29 is 49.1 Å². The second-order valence-corrected chi connectivity index (χ2v) is 4.62. The fraction of sp³-hybridized carbons (Fsp3) is 1.00. The van der Waals surface area contributed by atoms with Crippen molar-refractivity contribution in [3.8, 4) is 0 Å². The van der Waals surface area contributed by atoms with Crippen LogP contribution in [0.25, 0.3) is 0 Å². The summed E-state index contributed by atoms with van der Waals surface area (Å²) in [5, 5.41) is 0. The summed E-state index contributed by atoms with van der Waals surface area (Å²) in [6.45, 7) is -2.87. The molecule has 2 fully saturated rings. The third kappa shape index (κ3) is 1.45. The highest BCUT2D eigenvalue weighted by Gasteiger charge is 3.03. The van der Waals surface area contributed by atoms with Gasteiger partial charge in [0.2, 0.25) is 6.04 Å². The summed E-state index contributed by atoms with van der Waals surface area (Å²) < 4.78 is 111. The number of rotatable bonds is 3. The summed E-state index contributed by atoms with van der Waals surface area (Å²) in [5.74, 6) is -10.2. The molecule has 0 bridgehead atoms. The number of morpholine rings is 1. The third-order valence-electron chi connectivity index (χ3n) is 3.87. The first kappa shape index (κ1) is 15.7. The molecule has 0 aromatic carbocycles.